The number of hydrogen-bond acceptors (Lipinski definition) is 2. The Hall–Kier alpha value is -1.09. The molecule has 0 radical (unpaired) electrons. The monoisotopic (exact) mass is 303 g/mol. The fourth-order valence-corrected chi connectivity index (χ4v) is 4.30. The minimum absolute atomic E-state index is 0. The fourth-order valence-electron chi connectivity index (χ4n) is 4.30. The van der Waals surface area contributed by atoms with E-state index in [4.69, 9.17) is 4.74 Å². The molecule has 2 atom stereocenters. The summed E-state index contributed by atoms with van der Waals surface area (Å²) >= 11 is 0. The van der Waals surface area contributed by atoms with Gasteiger partial charge in [-0.1, -0.05) is 42.5 Å². The van der Waals surface area contributed by atoms with Gasteiger partial charge in [-0.2, -0.15) is 0 Å². The lowest BCUT2D eigenvalue weighted by Crippen LogP contribution is -2.40. The molecule has 2 aromatic rings. The molecule has 21 heavy (non-hydrogen) atoms. The van der Waals surface area contributed by atoms with E-state index >= 15 is 0 Å². The van der Waals surface area contributed by atoms with E-state index in [9.17, 15) is 0 Å². The van der Waals surface area contributed by atoms with Crippen molar-refractivity contribution in [1.29, 1.82) is 0 Å². The summed E-state index contributed by atoms with van der Waals surface area (Å²) < 4.78 is 5.52. The van der Waals surface area contributed by atoms with Crippen LogP contribution in [0.3, 0.4) is 0 Å². The number of hydrogen-bond donors (Lipinski definition) is 1. The lowest BCUT2D eigenvalue weighted by molar-refractivity contribution is 0.116. The van der Waals surface area contributed by atoms with E-state index in [2.05, 4.69) is 47.8 Å². The first-order chi connectivity index (χ1) is 9.80. The molecule has 1 saturated heterocycles. The molecule has 1 aliphatic heterocycles. The Kier molecular flexibility index (Phi) is 3.73. The van der Waals surface area contributed by atoms with Crippen LogP contribution in [0.5, 0.6) is 0 Å². The van der Waals surface area contributed by atoms with E-state index in [0.717, 1.165) is 19.7 Å². The summed E-state index contributed by atoms with van der Waals surface area (Å²) in [6, 6.07) is 15.7. The molecule has 3 heteroatoms. The van der Waals surface area contributed by atoms with Gasteiger partial charge in [-0.3, -0.25) is 0 Å². The van der Waals surface area contributed by atoms with E-state index in [1.807, 2.05) is 7.11 Å². The molecule has 1 saturated carbocycles. The number of benzene rings is 2. The molecule has 112 valence electrons. The third-order valence-corrected chi connectivity index (χ3v) is 5.44. The Morgan fingerprint density at radius 2 is 1.95 bits per heavy atom. The molecular weight excluding hydrogens is 282 g/mol. The Balaban J connectivity index is 0.00000132. The molecule has 2 fully saturated rings. The van der Waals surface area contributed by atoms with Crippen molar-refractivity contribution in [2.45, 2.75) is 18.3 Å². The lowest BCUT2D eigenvalue weighted by Gasteiger charge is -2.31. The predicted molar refractivity (Wildman–Crippen MR) is 89.3 cm³/mol. The van der Waals surface area contributed by atoms with Crippen LogP contribution in [-0.2, 0) is 10.2 Å². The van der Waals surface area contributed by atoms with Crippen molar-refractivity contribution >= 4 is 23.2 Å². The van der Waals surface area contributed by atoms with Crippen molar-refractivity contribution < 1.29 is 4.74 Å². The van der Waals surface area contributed by atoms with Gasteiger partial charge in [0.05, 0.1) is 6.61 Å². The van der Waals surface area contributed by atoms with Crippen LogP contribution in [0.2, 0.25) is 0 Å². The maximum absolute atomic E-state index is 5.52. The first-order valence-electron chi connectivity index (χ1n) is 7.49. The topological polar surface area (TPSA) is 21.3 Å². The molecule has 2 aromatic carbocycles. The van der Waals surface area contributed by atoms with Gasteiger partial charge in [0, 0.05) is 24.5 Å². The number of ether oxygens (including phenoxy) is 1. The van der Waals surface area contributed by atoms with Crippen LogP contribution in [0, 0.1) is 5.41 Å². The van der Waals surface area contributed by atoms with Crippen molar-refractivity contribution in [1.82, 2.24) is 5.32 Å². The first-order valence-corrected chi connectivity index (χ1v) is 7.49. The van der Waals surface area contributed by atoms with Gasteiger partial charge < -0.3 is 10.1 Å². The molecule has 0 bridgehead atoms. The highest BCUT2D eigenvalue weighted by molar-refractivity contribution is 5.85. The van der Waals surface area contributed by atoms with Crippen LogP contribution in [0.4, 0.5) is 0 Å². The van der Waals surface area contributed by atoms with Gasteiger partial charge in [0.2, 0.25) is 0 Å². The maximum Gasteiger partial charge on any atom is 0.0539 e. The summed E-state index contributed by atoms with van der Waals surface area (Å²) in [5, 5.41) is 6.24. The number of nitrogens with one attached hydrogen (secondary N) is 1. The van der Waals surface area contributed by atoms with Crippen LogP contribution in [0.25, 0.3) is 10.8 Å². The van der Waals surface area contributed by atoms with Crippen LogP contribution >= 0.6 is 12.4 Å². The minimum Gasteiger partial charge on any atom is -0.384 e. The van der Waals surface area contributed by atoms with Crippen molar-refractivity contribution in [2.24, 2.45) is 5.41 Å². The average molecular weight is 304 g/mol. The Labute approximate surface area is 132 Å². The van der Waals surface area contributed by atoms with Crippen molar-refractivity contribution in [3.05, 3.63) is 48.0 Å². The van der Waals surface area contributed by atoms with E-state index < -0.39 is 0 Å². The van der Waals surface area contributed by atoms with Crippen molar-refractivity contribution in [2.75, 3.05) is 26.8 Å². The summed E-state index contributed by atoms with van der Waals surface area (Å²) in [5.74, 6) is 0. The highest BCUT2D eigenvalue weighted by Gasteiger charge is 2.68. The normalized spacial score (nSPS) is 30.5. The van der Waals surface area contributed by atoms with E-state index in [1.54, 1.807) is 0 Å². The summed E-state index contributed by atoms with van der Waals surface area (Å²) in [7, 11) is 1.83. The van der Waals surface area contributed by atoms with Crippen LogP contribution in [-0.4, -0.2) is 26.8 Å². The second kappa shape index (κ2) is 5.28. The average Bonchev–Trinajstić information content (AvgIpc) is 3.17. The molecule has 0 spiro atoms. The smallest absolute Gasteiger partial charge is 0.0539 e. The molecule has 1 unspecified atom stereocenters. The van der Waals surface area contributed by atoms with E-state index in [-0.39, 0.29) is 12.4 Å². The fraction of sp³-hybridized carbons (Fsp3) is 0.444. The summed E-state index contributed by atoms with van der Waals surface area (Å²) in [5.41, 5.74) is 2.18. The zero-order valence-corrected chi connectivity index (χ0v) is 13.2. The summed E-state index contributed by atoms with van der Waals surface area (Å²) in [6.45, 7) is 3.08. The molecule has 0 amide bonds. The third kappa shape index (κ3) is 2.09. The second-order valence-electron chi connectivity index (χ2n) is 6.46. The molecular formula is C18H22ClNO. The minimum atomic E-state index is 0. The standard InChI is InChI=1S/C18H21NO.ClH/c1-20-13-17-11-18(17,8-9-19-12-17)16-7-6-14-4-2-3-5-15(14)10-16;/h2-7,10,19H,8-9,11-13H2,1H3;1H/t17?,18-;/m1./s1. The molecule has 1 heterocycles. The first kappa shape index (κ1) is 14.8. The lowest BCUT2D eigenvalue weighted by atomic mass is 9.80. The number of methoxy groups -OCH3 is 1. The largest absolute Gasteiger partial charge is 0.384 e. The van der Waals surface area contributed by atoms with Gasteiger partial charge >= 0.3 is 0 Å². The number of rotatable bonds is 3. The molecule has 0 aromatic heterocycles. The van der Waals surface area contributed by atoms with Crippen molar-refractivity contribution in [3.8, 4) is 0 Å². The maximum atomic E-state index is 5.52. The van der Waals surface area contributed by atoms with Crippen LogP contribution in [0.1, 0.15) is 18.4 Å². The van der Waals surface area contributed by atoms with Gasteiger partial charge in [0.15, 0.2) is 0 Å². The molecule has 1 aliphatic carbocycles. The third-order valence-electron chi connectivity index (χ3n) is 5.44. The molecule has 1 N–H and O–H groups in total. The highest BCUT2D eigenvalue weighted by Crippen LogP contribution is 2.67. The van der Waals surface area contributed by atoms with E-state index in [1.165, 1.54) is 29.2 Å². The molecule has 2 nitrogen and oxygen atoms in total. The van der Waals surface area contributed by atoms with Gasteiger partial charge in [-0.15, -0.1) is 12.4 Å². The number of piperidine rings is 1. The van der Waals surface area contributed by atoms with E-state index in [0.29, 0.717) is 10.8 Å². The van der Waals surface area contributed by atoms with Crippen LogP contribution in [0.15, 0.2) is 42.5 Å². The molecule has 2 aliphatic rings. The van der Waals surface area contributed by atoms with Crippen LogP contribution < -0.4 is 5.32 Å². The predicted octanol–water partition coefficient (Wildman–Crippen LogP) is 3.53. The van der Waals surface area contributed by atoms with Gasteiger partial charge in [0.1, 0.15) is 0 Å². The Morgan fingerprint density at radius 1 is 1.14 bits per heavy atom. The quantitative estimate of drug-likeness (QED) is 0.936. The Bertz CT molecular complexity index is 654. The zero-order valence-electron chi connectivity index (χ0n) is 12.4. The number of fused-ring (bicyclic) bond motifs is 2. The van der Waals surface area contributed by atoms with Gasteiger partial charge in [-0.25, -0.2) is 0 Å². The second-order valence-corrected chi connectivity index (χ2v) is 6.46. The highest BCUT2D eigenvalue weighted by atomic mass is 35.5. The summed E-state index contributed by atoms with van der Waals surface area (Å²) in [4.78, 5) is 0. The molecule has 4 rings (SSSR count). The van der Waals surface area contributed by atoms with Gasteiger partial charge in [-0.05, 0) is 35.7 Å². The van der Waals surface area contributed by atoms with Crippen molar-refractivity contribution in [3.63, 3.8) is 0 Å². The Morgan fingerprint density at radius 3 is 2.76 bits per heavy atom. The summed E-state index contributed by atoms with van der Waals surface area (Å²) in [6.07, 6.45) is 2.49. The zero-order chi connectivity index (χ0) is 13.6. The van der Waals surface area contributed by atoms with Gasteiger partial charge in [0.25, 0.3) is 0 Å². The number of halogens is 1. The SMILES string of the molecule is COCC12CNCC[C@]1(c1ccc3ccccc3c1)C2.Cl.